The quantitative estimate of drug-likeness (QED) is 0.437. The van der Waals surface area contributed by atoms with E-state index >= 15 is 0 Å². The van der Waals surface area contributed by atoms with E-state index in [0.717, 1.165) is 42.8 Å². The molecule has 4 rings (SSSR count). The number of hydrogen-bond acceptors (Lipinski definition) is 4. The summed E-state index contributed by atoms with van der Waals surface area (Å²) in [5.41, 5.74) is 5.14. The van der Waals surface area contributed by atoms with E-state index in [1.165, 1.54) is 23.8 Å². The van der Waals surface area contributed by atoms with Crippen LogP contribution >= 0.6 is 11.6 Å². The molecule has 0 bridgehead atoms. The summed E-state index contributed by atoms with van der Waals surface area (Å²) in [4.78, 5) is 32.0. The van der Waals surface area contributed by atoms with Gasteiger partial charge in [0.05, 0.1) is 17.3 Å². The summed E-state index contributed by atoms with van der Waals surface area (Å²) in [6.07, 6.45) is 3.36. The molecule has 3 aromatic rings. The number of likely N-dealkylation sites (tertiary alicyclic amines) is 1. The Labute approximate surface area is 222 Å². The van der Waals surface area contributed by atoms with Crippen LogP contribution in [0.4, 0.5) is 4.39 Å². The zero-order valence-electron chi connectivity index (χ0n) is 21.4. The zero-order chi connectivity index (χ0) is 26.5. The second-order valence-corrected chi connectivity index (χ2v) is 10.0. The normalized spacial score (nSPS) is 15.3. The van der Waals surface area contributed by atoms with E-state index in [9.17, 15) is 14.0 Å². The van der Waals surface area contributed by atoms with Crippen LogP contribution < -0.4 is 10.6 Å². The SMILES string of the molecule is Cc1cc(C(=O)NCc2ncccc2C)ccc1C(C)N1CCC(NC(=O)c2ccc(F)c(Cl)c2)CC1. The van der Waals surface area contributed by atoms with Gasteiger partial charge in [-0.15, -0.1) is 0 Å². The van der Waals surface area contributed by atoms with Crippen molar-refractivity contribution in [2.24, 2.45) is 0 Å². The van der Waals surface area contributed by atoms with E-state index in [0.29, 0.717) is 17.7 Å². The van der Waals surface area contributed by atoms with Gasteiger partial charge < -0.3 is 10.6 Å². The standard InChI is InChI=1S/C29H32ClFN4O2/c1-18-5-4-12-32-27(18)17-33-28(36)21-6-8-24(19(2)15-21)20(3)35-13-10-23(11-14-35)34-29(37)22-7-9-26(31)25(30)16-22/h4-9,12,15-16,20,23H,10-11,13-14,17H2,1-3H3,(H,33,36)(H,34,37). The van der Waals surface area contributed by atoms with Crippen LogP contribution in [0.5, 0.6) is 0 Å². The molecule has 2 aromatic carbocycles. The lowest BCUT2D eigenvalue weighted by atomic mass is 9.95. The molecule has 194 valence electrons. The Morgan fingerprint density at radius 1 is 1.05 bits per heavy atom. The zero-order valence-corrected chi connectivity index (χ0v) is 22.1. The highest BCUT2D eigenvalue weighted by molar-refractivity contribution is 6.31. The van der Waals surface area contributed by atoms with Gasteiger partial charge >= 0.3 is 0 Å². The highest BCUT2D eigenvalue weighted by Crippen LogP contribution is 2.27. The molecule has 6 nitrogen and oxygen atoms in total. The van der Waals surface area contributed by atoms with Crippen molar-refractivity contribution in [3.05, 3.63) is 99.1 Å². The first kappa shape index (κ1) is 26.8. The Morgan fingerprint density at radius 3 is 2.43 bits per heavy atom. The van der Waals surface area contributed by atoms with Crippen LogP contribution in [0.3, 0.4) is 0 Å². The van der Waals surface area contributed by atoms with Crippen LogP contribution in [0, 0.1) is 19.7 Å². The number of hydrogen-bond donors (Lipinski definition) is 2. The van der Waals surface area contributed by atoms with Crippen molar-refractivity contribution in [1.29, 1.82) is 0 Å². The molecule has 1 aliphatic heterocycles. The summed E-state index contributed by atoms with van der Waals surface area (Å²) in [5, 5.41) is 5.95. The second kappa shape index (κ2) is 11.8. The number of carbonyl (C=O) groups is 2. The van der Waals surface area contributed by atoms with Gasteiger partial charge in [-0.2, -0.15) is 0 Å². The smallest absolute Gasteiger partial charge is 0.251 e. The van der Waals surface area contributed by atoms with Gasteiger partial charge in [0.1, 0.15) is 5.82 Å². The Balaban J connectivity index is 1.31. The number of nitrogens with zero attached hydrogens (tertiary/aromatic N) is 2. The molecule has 2 amide bonds. The van der Waals surface area contributed by atoms with Crippen LogP contribution in [0.1, 0.15) is 68.9 Å². The number of nitrogens with one attached hydrogen (secondary N) is 2. The molecule has 1 aromatic heterocycles. The van der Waals surface area contributed by atoms with E-state index in [4.69, 9.17) is 11.6 Å². The fourth-order valence-electron chi connectivity index (χ4n) is 4.79. The van der Waals surface area contributed by atoms with E-state index in [1.807, 2.05) is 44.2 Å². The molecular weight excluding hydrogens is 491 g/mol. The number of halogens is 2. The minimum atomic E-state index is -0.538. The van der Waals surface area contributed by atoms with Crippen molar-refractivity contribution < 1.29 is 14.0 Å². The predicted octanol–water partition coefficient (Wildman–Crippen LogP) is 5.38. The molecule has 0 aliphatic carbocycles. The minimum absolute atomic E-state index is 0.0506. The van der Waals surface area contributed by atoms with Crippen molar-refractivity contribution in [1.82, 2.24) is 20.5 Å². The van der Waals surface area contributed by atoms with E-state index < -0.39 is 5.82 Å². The van der Waals surface area contributed by atoms with Gasteiger partial charge in [-0.25, -0.2) is 4.39 Å². The Bertz CT molecular complexity index is 1290. The summed E-state index contributed by atoms with van der Waals surface area (Å²) in [7, 11) is 0. The lowest BCUT2D eigenvalue weighted by Gasteiger charge is -2.37. The highest BCUT2D eigenvalue weighted by Gasteiger charge is 2.26. The number of aryl methyl sites for hydroxylation is 2. The number of pyridine rings is 1. The third-order valence-corrected chi connectivity index (χ3v) is 7.40. The molecule has 1 saturated heterocycles. The van der Waals surface area contributed by atoms with Crippen molar-refractivity contribution in [3.8, 4) is 0 Å². The van der Waals surface area contributed by atoms with Gasteiger partial charge in [0.15, 0.2) is 0 Å². The number of carbonyl (C=O) groups excluding carboxylic acids is 2. The fourth-order valence-corrected chi connectivity index (χ4v) is 4.97. The first-order chi connectivity index (χ1) is 17.7. The van der Waals surface area contributed by atoms with E-state index in [2.05, 4.69) is 27.4 Å². The average Bonchev–Trinajstić information content (AvgIpc) is 2.89. The summed E-state index contributed by atoms with van der Waals surface area (Å²) >= 11 is 5.81. The summed E-state index contributed by atoms with van der Waals surface area (Å²) < 4.78 is 13.4. The van der Waals surface area contributed by atoms with Gasteiger partial charge in [0.25, 0.3) is 11.8 Å². The molecule has 2 N–H and O–H groups in total. The monoisotopic (exact) mass is 522 g/mol. The van der Waals surface area contributed by atoms with Crippen LogP contribution in [-0.2, 0) is 6.54 Å². The Kier molecular flexibility index (Phi) is 8.56. The van der Waals surface area contributed by atoms with E-state index in [-0.39, 0.29) is 28.9 Å². The van der Waals surface area contributed by atoms with Crippen molar-refractivity contribution >= 4 is 23.4 Å². The fraction of sp³-hybridized carbons (Fsp3) is 0.345. The van der Waals surface area contributed by atoms with Crippen molar-refractivity contribution in [3.63, 3.8) is 0 Å². The molecule has 8 heteroatoms. The minimum Gasteiger partial charge on any atom is -0.349 e. The number of aromatic nitrogens is 1. The average molecular weight is 523 g/mol. The number of amides is 2. The largest absolute Gasteiger partial charge is 0.349 e. The first-order valence-electron chi connectivity index (χ1n) is 12.5. The Morgan fingerprint density at radius 2 is 1.76 bits per heavy atom. The van der Waals surface area contributed by atoms with Gasteiger partial charge in [-0.05, 0) is 86.7 Å². The molecular formula is C29H32ClFN4O2. The maximum Gasteiger partial charge on any atom is 0.251 e. The molecule has 0 saturated carbocycles. The maximum atomic E-state index is 13.4. The number of benzene rings is 2. The molecule has 0 spiro atoms. The summed E-state index contributed by atoms with van der Waals surface area (Å²) in [6, 6.07) is 14.0. The lowest BCUT2D eigenvalue weighted by molar-refractivity contribution is 0.0894. The highest BCUT2D eigenvalue weighted by atomic mass is 35.5. The van der Waals surface area contributed by atoms with Crippen LogP contribution in [-0.4, -0.2) is 40.8 Å². The maximum absolute atomic E-state index is 13.4. The third kappa shape index (κ3) is 6.53. The van der Waals surface area contributed by atoms with Gasteiger partial charge in [-0.1, -0.05) is 23.7 Å². The van der Waals surface area contributed by atoms with Gasteiger partial charge in [0, 0.05) is 42.5 Å². The van der Waals surface area contributed by atoms with Crippen LogP contribution in [0.15, 0.2) is 54.7 Å². The van der Waals surface area contributed by atoms with Crippen LogP contribution in [0.25, 0.3) is 0 Å². The van der Waals surface area contributed by atoms with Crippen molar-refractivity contribution in [2.75, 3.05) is 13.1 Å². The topological polar surface area (TPSA) is 74.3 Å². The molecule has 1 atom stereocenters. The molecule has 0 radical (unpaired) electrons. The Hall–Kier alpha value is -3.29. The first-order valence-corrected chi connectivity index (χ1v) is 12.9. The van der Waals surface area contributed by atoms with Gasteiger partial charge in [0.2, 0.25) is 0 Å². The number of piperidine rings is 1. The predicted molar refractivity (Wildman–Crippen MR) is 143 cm³/mol. The van der Waals surface area contributed by atoms with E-state index in [1.54, 1.807) is 6.20 Å². The second-order valence-electron chi connectivity index (χ2n) is 9.61. The molecule has 37 heavy (non-hydrogen) atoms. The van der Waals surface area contributed by atoms with Crippen molar-refractivity contribution in [2.45, 2.75) is 52.2 Å². The lowest BCUT2D eigenvalue weighted by Crippen LogP contribution is -2.45. The van der Waals surface area contributed by atoms with Gasteiger partial charge in [-0.3, -0.25) is 19.5 Å². The third-order valence-electron chi connectivity index (χ3n) is 7.11. The molecule has 1 unspecified atom stereocenters. The molecule has 1 aliphatic rings. The molecule has 2 heterocycles. The summed E-state index contributed by atoms with van der Waals surface area (Å²) in [6.45, 7) is 8.25. The summed E-state index contributed by atoms with van der Waals surface area (Å²) in [5.74, 6) is -0.897. The van der Waals surface area contributed by atoms with Crippen LogP contribution in [0.2, 0.25) is 5.02 Å². The number of rotatable bonds is 7. The molecule has 1 fully saturated rings.